The van der Waals surface area contributed by atoms with Crippen LogP contribution in [0.15, 0.2) is 0 Å². The summed E-state index contributed by atoms with van der Waals surface area (Å²) in [5.41, 5.74) is 2.38. The minimum Gasteiger partial charge on any atom is -0.336 e. The molecule has 0 spiro atoms. The number of piperazine rings is 1. The van der Waals surface area contributed by atoms with E-state index in [-0.39, 0.29) is 5.91 Å². The number of rotatable bonds is 1. The van der Waals surface area contributed by atoms with Gasteiger partial charge in [-0.3, -0.25) is 9.89 Å². The Morgan fingerprint density at radius 2 is 2.00 bits per heavy atom. The van der Waals surface area contributed by atoms with E-state index in [9.17, 15) is 4.79 Å². The van der Waals surface area contributed by atoms with E-state index in [1.54, 1.807) is 0 Å². The van der Waals surface area contributed by atoms with Crippen LogP contribution in [-0.2, 0) is 0 Å². The Bertz CT molecular complexity index is 346. The summed E-state index contributed by atoms with van der Waals surface area (Å²) in [4.78, 5) is 14.0. The largest absolute Gasteiger partial charge is 0.336 e. The predicted octanol–water partition coefficient (Wildman–Crippen LogP) is 0.0719. The van der Waals surface area contributed by atoms with Crippen molar-refractivity contribution < 1.29 is 4.79 Å². The molecule has 1 aromatic heterocycles. The number of hydrogen-bond donors (Lipinski definition) is 2. The quantitative estimate of drug-likeness (QED) is 0.686. The maximum Gasteiger partial charge on any atom is 0.257 e. The molecule has 5 nitrogen and oxygen atoms in total. The number of aromatic amines is 1. The molecule has 0 aliphatic carbocycles. The molecule has 15 heavy (non-hydrogen) atoms. The summed E-state index contributed by atoms with van der Waals surface area (Å²) < 4.78 is 0. The fraction of sp³-hybridized carbons (Fsp3) is 0.600. The minimum absolute atomic E-state index is 0.0975. The number of nitrogens with one attached hydrogen (secondary N) is 2. The van der Waals surface area contributed by atoms with Crippen LogP contribution in [0.4, 0.5) is 0 Å². The third-order valence-electron chi connectivity index (χ3n) is 2.75. The Hall–Kier alpha value is -1.36. The first-order chi connectivity index (χ1) is 7.20. The molecule has 1 aromatic rings. The second-order valence-corrected chi connectivity index (χ2v) is 3.85. The molecule has 0 atom stereocenters. The molecular formula is C10H16N4O. The lowest BCUT2D eigenvalue weighted by atomic mass is 10.1. The summed E-state index contributed by atoms with van der Waals surface area (Å²) in [6.07, 6.45) is 0. The topological polar surface area (TPSA) is 61.0 Å². The summed E-state index contributed by atoms with van der Waals surface area (Å²) in [5, 5.41) is 10.1. The van der Waals surface area contributed by atoms with Gasteiger partial charge in [0.1, 0.15) is 0 Å². The highest BCUT2D eigenvalue weighted by atomic mass is 16.2. The van der Waals surface area contributed by atoms with E-state index in [4.69, 9.17) is 0 Å². The Morgan fingerprint density at radius 3 is 2.53 bits per heavy atom. The van der Waals surface area contributed by atoms with Crippen molar-refractivity contribution in [1.82, 2.24) is 20.4 Å². The number of amides is 1. The average Bonchev–Trinajstić information content (AvgIpc) is 2.59. The van der Waals surface area contributed by atoms with Gasteiger partial charge in [-0.15, -0.1) is 0 Å². The van der Waals surface area contributed by atoms with Gasteiger partial charge in [-0.25, -0.2) is 0 Å². The molecule has 5 heteroatoms. The second kappa shape index (κ2) is 4.02. The lowest BCUT2D eigenvalue weighted by Gasteiger charge is -2.27. The third-order valence-corrected chi connectivity index (χ3v) is 2.75. The van der Waals surface area contributed by atoms with Gasteiger partial charge in [0, 0.05) is 31.9 Å². The van der Waals surface area contributed by atoms with Crippen LogP contribution in [0.5, 0.6) is 0 Å². The van der Waals surface area contributed by atoms with Crippen molar-refractivity contribution in [1.29, 1.82) is 0 Å². The number of aromatic nitrogens is 2. The van der Waals surface area contributed by atoms with E-state index in [2.05, 4.69) is 15.5 Å². The number of carbonyl (C=O) groups excluding carboxylic acids is 1. The summed E-state index contributed by atoms with van der Waals surface area (Å²) >= 11 is 0. The van der Waals surface area contributed by atoms with Crippen LogP contribution in [0, 0.1) is 13.8 Å². The van der Waals surface area contributed by atoms with Crippen molar-refractivity contribution in [3.63, 3.8) is 0 Å². The standard InChI is InChI=1S/C10H16N4O/c1-7-9(8(2)13-12-7)10(15)14-5-3-11-4-6-14/h11H,3-6H2,1-2H3,(H,12,13). The van der Waals surface area contributed by atoms with Crippen LogP contribution in [0.2, 0.25) is 0 Å². The summed E-state index contributed by atoms with van der Waals surface area (Å²) in [7, 11) is 0. The fourth-order valence-electron chi connectivity index (χ4n) is 1.89. The average molecular weight is 208 g/mol. The van der Waals surface area contributed by atoms with Crippen molar-refractivity contribution in [2.75, 3.05) is 26.2 Å². The van der Waals surface area contributed by atoms with E-state index in [1.807, 2.05) is 18.7 Å². The van der Waals surface area contributed by atoms with Crippen molar-refractivity contribution in [3.05, 3.63) is 17.0 Å². The maximum absolute atomic E-state index is 12.1. The Labute approximate surface area is 88.8 Å². The van der Waals surface area contributed by atoms with Gasteiger partial charge in [-0.2, -0.15) is 5.10 Å². The molecule has 1 aliphatic rings. The van der Waals surface area contributed by atoms with Crippen molar-refractivity contribution in [2.24, 2.45) is 0 Å². The van der Waals surface area contributed by atoms with E-state index >= 15 is 0 Å². The molecule has 1 amide bonds. The monoisotopic (exact) mass is 208 g/mol. The van der Waals surface area contributed by atoms with Crippen LogP contribution >= 0.6 is 0 Å². The van der Waals surface area contributed by atoms with Crippen LogP contribution in [-0.4, -0.2) is 47.2 Å². The van der Waals surface area contributed by atoms with Gasteiger partial charge in [-0.1, -0.05) is 0 Å². The zero-order chi connectivity index (χ0) is 10.8. The maximum atomic E-state index is 12.1. The van der Waals surface area contributed by atoms with E-state index in [0.29, 0.717) is 0 Å². The van der Waals surface area contributed by atoms with Gasteiger partial charge in [0.2, 0.25) is 0 Å². The summed E-state index contributed by atoms with van der Waals surface area (Å²) in [6.45, 7) is 7.06. The molecule has 2 heterocycles. The number of aryl methyl sites for hydroxylation is 2. The summed E-state index contributed by atoms with van der Waals surface area (Å²) in [6, 6.07) is 0. The van der Waals surface area contributed by atoms with Crippen LogP contribution < -0.4 is 5.32 Å². The lowest BCUT2D eigenvalue weighted by Crippen LogP contribution is -2.46. The van der Waals surface area contributed by atoms with E-state index in [1.165, 1.54) is 0 Å². The van der Waals surface area contributed by atoms with Gasteiger partial charge in [0.25, 0.3) is 5.91 Å². The van der Waals surface area contributed by atoms with Crippen LogP contribution in [0.25, 0.3) is 0 Å². The highest BCUT2D eigenvalue weighted by Gasteiger charge is 2.22. The normalized spacial score (nSPS) is 16.8. The number of H-pyrrole nitrogens is 1. The van der Waals surface area contributed by atoms with E-state index < -0.39 is 0 Å². The Kier molecular flexibility index (Phi) is 2.73. The lowest BCUT2D eigenvalue weighted by molar-refractivity contribution is 0.0734. The summed E-state index contributed by atoms with van der Waals surface area (Å²) in [5.74, 6) is 0.0975. The van der Waals surface area contributed by atoms with Gasteiger partial charge < -0.3 is 10.2 Å². The Balaban J connectivity index is 2.19. The SMILES string of the molecule is Cc1n[nH]c(C)c1C(=O)N1CCNCC1. The molecule has 2 N–H and O–H groups in total. The molecule has 1 aliphatic heterocycles. The number of nitrogens with zero attached hydrogens (tertiary/aromatic N) is 2. The predicted molar refractivity (Wildman–Crippen MR) is 56.8 cm³/mol. The van der Waals surface area contributed by atoms with Crippen LogP contribution in [0.1, 0.15) is 21.7 Å². The molecular weight excluding hydrogens is 192 g/mol. The molecule has 1 fully saturated rings. The highest BCUT2D eigenvalue weighted by Crippen LogP contribution is 2.12. The Morgan fingerprint density at radius 1 is 1.33 bits per heavy atom. The molecule has 82 valence electrons. The molecule has 0 radical (unpaired) electrons. The first-order valence-corrected chi connectivity index (χ1v) is 5.21. The second-order valence-electron chi connectivity index (χ2n) is 3.85. The molecule has 2 rings (SSSR count). The van der Waals surface area contributed by atoms with Crippen LogP contribution in [0.3, 0.4) is 0 Å². The molecule has 0 aromatic carbocycles. The zero-order valence-electron chi connectivity index (χ0n) is 9.13. The van der Waals surface area contributed by atoms with Gasteiger partial charge in [0.05, 0.1) is 11.3 Å². The van der Waals surface area contributed by atoms with Crippen molar-refractivity contribution in [2.45, 2.75) is 13.8 Å². The molecule has 1 saturated heterocycles. The van der Waals surface area contributed by atoms with E-state index in [0.717, 1.165) is 43.1 Å². The van der Waals surface area contributed by atoms with Crippen molar-refractivity contribution in [3.8, 4) is 0 Å². The minimum atomic E-state index is 0.0975. The van der Waals surface area contributed by atoms with Gasteiger partial charge in [0.15, 0.2) is 0 Å². The highest BCUT2D eigenvalue weighted by molar-refractivity contribution is 5.96. The molecule has 0 unspecified atom stereocenters. The third kappa shape index (κ3) is 1.87. The van der Waals surface area contributed by atoms with Gasteiger partial charge in [-0.05, 0) is 13.8 Å². The first-order valence-electron chi connectivity index (χ1n) is 5.21. The smallest absolute Gasteiger partial charge is 0.257 e. The fourth-order valence-corrected chi connectivity index (χ4v) is 1.89. The number of hydrogen-bond acceptors (Lipinski definition) is 3. The zero-order valence-corrected chi connectivity index (χ0v) is 9.13. The molecule has 0 bridgehead atoms. The molecule has 0 saturated carbocycles. The van der Waals surface area contributed by atoms with Gasteiger partial charge >= 0.3 is 0 Å². The number of carbonyl (C=O) groups is 1. The van der Waals surface area contributed by atoms with Crippen molar-refractivity contribution >= 4 is 5.91 Å². The first kappa shape index (κ1) is 10.2.